The lowest BCUT2D eigenvalue weighted by atomic mass is 10.2. The number of nitrogens with zero attached hydrogens (tertiary/aromatic N) is 1. The monoisotopic (exact) mass is 374 g/mol. The molecule has 1 atom stereocenters. The van der Waals surface area contributed by atoms with Crippen LogP contribution < -0.4 is 5.32 Å². The highest BCUT2D eigenvalue weighted by Gasteiger charge is 2.32. The van der Waals surface area contributed by atoms with Gasteiger partial charge in [-0.1, -0.05) is 0 Å². The molecule has 134 valence electrons. The minimum absolute atomic E-state index is 0.0103. The Bertz CT molecular complexity index is 860. The van der Waals surface area contributed by atoms with E-state index in [-0.39, 0.29) is 34.2 Å². The van der Waals surface area contributed by atoms with Crippen molar-refractivity contribution in [2.75, 3.05) is 24.4 Å². The first-order valence-electron chi connectivity index (χ1n) is 7.50. The number of likely N-dealkylation sites (tertiary alicyclic amines) is 1. The molecule has 0 aliphatic carbocycles. The molecule has 1 unspecified atom stereocenters. The van der Waals surface area contributed by atoms with Crippen LogP contribution in [0.15, 0.2) is 28.0 Å². The van der Waals surface area contributed by atoms with Crippen molar-refractivity contribution in [2.24, 2.45) is 0 Å². The Hall–Kier alpha value is -1.61. The molecule has 1 heterocycles. The molecule has 0 saturated carbocycles. The normalized spacial score (nSPS) is 19.1. The van der Waals surface area contributed by atoms with Gasteiger partial charge in [0, 0.05) is 31.5 Å². The van der Waals surface area contributed by atoms with Gasteiger partial charge in [-0.25, -0.2) is 16.8 Å². The molecule has 1 amide bonds. The van der Waals surface area contributed by atoms with Gasteiger partial charge in [-0.3, -0.25) is 4.79 Å². The molecule has 0 radical (unpaired) electrons. The molecular weight excluding hydrogens is 352 g/mol. The van der Waals surface area contributed by atoms with E-state index in [9.17, 15) is 21.6 Å². The maximum Gasteiger partial charge on any atom is 0.225 e. The fourth-order valence-electron chi connectivity index (χ4n) is 2.71. The molecule has 0 spiro atoms. The van der Waals surface area contributed by atoms with Crippen molar-refractivity contribution in [3.8, 4) is 0 Å². The highest BCUT2D eigenvalue weighted by molar-refractivity contribution is 7.91. The quantitative estimate of drug-likeness (QED) is 0.822. The standard InChI is InChI=1S/C15H22N2O5S2/c1-10(2)17-9-11(7-15(17)18)16-13-6-5-12(23(3,19)20)8-14(13)24(4,21)22/h5-6,8,10-11,16H,7,9H2,1-4H3. The van der Waals surface area contributed by atoms with Gasteiger partial charge in [-0.05, 0) is 32.0 Å². The number of carbonyl (C=O) groups is 1. The van der Waals surface area contributed by atoms with E-state index >= 15 is 0 Å². The topological polar surface area (TPSA) is 101 Å². The van der Waals surface area contributed by atoms with E-state index in [2.05, 4.69) is 5.32 Å². The lowest BCUT2D eigenvalue weighted by Crippen LogP contribution is -2.33. The fourth-order valence-corrected chi connectivity index (χ4v) is 4.30. The molecular formula is C15H22N2O5S2. The average Bonchev–Trinajstić information content (AvgIpc) is 2.77. The summed E-state index contributed by atoms with van der Waals surface area (Å²) in [4.78, 5) is 13.6. The van der Waals surface area contributed by atoms with Gasteiger partial charge in [0.05, 0.1) is 21.5 Å². The molecule has 1 fully saturated rings. The van der Waals surface area contributed by atoms with Gasteiger partial charge < -0.3 is 10.2 Å². The largest absolute Gasteiger partial charge is 0.379 e. The van der Waals surface area contributed by atoms with Crippen LogP contribution in [-0.4, -0.2) is 58.8 Å². The van der Waals surface area contributed by atoms with Gasteiger partial charge in [0.2, 0.25) is 5.91 Å². The number of sulfone groups is 2. The third-order valence-electron chi connectivity index (χ3n) is 3.92. The Morgan fingerprint density at radius 2 is 1.75 bits per heavy atom. The second-order valence-corrected chi connectivity index (χ2v) is 10.4. The zero-order valence-electron chi connectivity index (χ0n) is 14.1. The van der Waals surface area contributed by atoms with Crippen LogP contribution in [0.3, 0.4) is 0 Å². The second-order valence-electron chi connectivity index (χ2n) is 6.39. The minimum Gasteiger partial charge on any atom is -0.379 e. The second kappa shape index (κ2) is 6.36. The van der Waals surface area contributed by atoms with Crippen LogP contribution in [0.25, 0.3) is 0 Å². The molecule has 24 heavy (non-hydrogen) atoms. The summed E-state index contributed by atoms with van der Waals surface area (Å²) in [5.41, 5.74) is 0.313. The number of hydrogen-bond donors (Lipinski definition) is 1. The van der Waals surface area contributed by atoms with E-state index in [0.29, 0.717) is 12.2 Å². The van der Waals surface area contributed by atoms with Crippen LogP contribution in [-0.2, 0) is 24.5 Å². The predicted octanol–water partition coefficient (Wildman–Crippen LogP) is 0.915. The Labute approximate surface area is 142 Å². The lowest BCUT2D eigenvalue weighted by Gasteiger charge is -2.22. The zero-order chi connectivity index (χ0) is 18.3. The number of hydrogen-bond acceptors (Lipinski definition) is 6. The van der Waals surface area contributed by atoms with Gasteiger partial charge in [0.25, 0.3) is 0 Å². The SMILES string of the molecule is CC(C)N1CC(Nc2ccc(S(C)(=O)=O)cc2S(C)(=O)=O)CC1=O. The molecule has 9 heteroatoms. The third kappa shape index (κ3) is 4.07. The Morgan fingerprint density at radius 1 is 1.12 bits per heavy atom. The first kappa shape index (κ1) is 18.7. The smallest absolute Gasteiger partial charge is 0.225 e. The van der Waals surface area contributed by atoms with Crippen LogP contribution in [0.2, 0.25) is 0 Å². The molecule has 1 aromatic rings. The predicted molar refractivity (Wildman–Crippen MR) is 91.5 cm³/mol. The Balaban J connectivity index is 2.36. The van der Waals surface area contributed by atoms with Gasteiger partial charge >= 0.3 is 0 Å². The van der Waals surface area contributed by atoms with Crippen molar-refractivity contribution in [3.05, 3.63) is 18.2 Å². The Morgan fingerprint density at radius 3 is 2.21 bits per heavy atom. The number of nitrogens with one attached hydrogen (secondary N) is 1. The summed E-state index contributed by atoms with van der Waals surface area (Å²) >= 11 is 0. The highest BCUT2D eigenvalue weighted by Crippen LogP contribution is 2.27. The van der Waals surface area contributed by atoms with Crippen LogP contribution >= 0.6 is 0 Å². The molecule has 1 aliphatic heterocycles. The maximum absolute atomic E-state index is 12.0. The van der Waals surface area contributed by atoms with Crippen LogP contribution in [0.5, 0.6) is 0 Å². The van der Waals surface area contributed by atoms with Crippen molar-refractivity contribution in [3.63, 3.8) is 0 Å². The zero-order valence-corrected chi connectivity index (χ0v) is 15.7. The summed E-state index contributed by atoms with van der Waals surface area (Å²) < 4.78 is 47.4. The van der Waals surface area contributed by atoms with Crippen molar-refractivity contribution in [1.82, 2.24) is 4.90 Å². The van der Waals surface area contributed by atoms with Crippen LogP contribution in [0.1, 0.15) is 20.3 Å². The number of benzene rings is 1. The van der Waals surface area contributed by atoms with E-state index in [4.69, 9.17) is 0 Å². The van der Waals surface area contributed by atoms with Crippen molar-refractivity contribution in [1.29, 1.82) is 0 Å². The minimum atomic E-state index is -3.63. The summed E-state index contributed by atoms with van der Waals surface area (Å²) in [7, 11) is -7.14. The first-order chi connectivity index (χ1) is 10.9. The summed E-state index contributed by atoms with van der Waals surface area (Å²) in [5.74, 6) is 0.0103. The lowest BCUT2D eigenvalue weighted by molar-refractivity contribution is -0.129. The fraction of sp³-hybridized carbons (Fsp3) is 0.533. The number of amides is 1. The first-order valence-corrected chi connectivity index (χ1v) is 11.3. The van der Waals surface area contributed by atoms with E-state index in [0.717, 1.165) is 18.6 Å². The van der Waals surface area contributed by atoms with Gasteiger partial charge in [-0.2, -0.15) is 0 Å². The molecule has 1 saturated heterocycles. The van der Waals surface area contributed by atoms with Gasteiger partial charge in [0.1, 0.15) is 0 Å². The van der Waals surface area contributed by atoms with Crippen LogP contribution in [0, 0.1) is 0 Å². The van der Waals surface area contributed by atoms with E-state index < -0.39 is 19.7 Å². The van der Waals surface area contributed by atoms with E-state index in [1.54, 1.807) is 4.90 Å². The number of rotatable bonds is 5. The summed E-state index contributed by atoms with van der Waals surface area (Å²) in [6, 6.07) is 3.82. The third-order valence-corrected chi connectivity index (χ3v) is 6.17. The molecule has 0 bridgehead atoms. The van der Waals surface area contributed by atoms with E-state index in [1.807, 2.05) is 13.8 Å². The summed E-state index contributed by atoms with van der Waals surface area (Å²) in [6.45, 7) is 4.32. The number of carbonyl (C=O) groups excluding carboxylic acids is 1. The highest BCUT2D eigenvalue weighted by atomic mass is 32.2. The maximum atomic E-state index is 12.0. The van der Waals surface area contributed by atoms with Gasteiger partial charge in [0.15, 0.2) is 19.7 Å². The summed E-state index contributed by atoms with van der Waals surface area (Å²) in [5, 5.41) is 3.07. The molecule has 1 aromatic carbocycles. The van der Waals surface area contributed by atoms with Gasteiger partial charge in [-0.15, -0.1) is 0 Å². The van der Waals surface area contributed by atoms with Crippen LogP contribution in [0.4, 0.5) is 5.69 Å². The summed E-state index contributed by atoms with van der Waals surface area (Å²) in [6.07, 6.45) is 2.33. The molecule has 1 N–H and O–H groups in total. The molecule has 1 aliphatic rings. The van der Waals surface area contributed by atoms with E-state index in [1.165, 1.54) is 12.1 Å². The van der Waals surface area contributed by atoms with Crippen molar-refractivity contribution >= 4 is 31.3 Å². The van der Waals surface area contributed by atoms with Crippen molar-refractivity contribution in [2.45, 2.75) is 42.1 Å². The molecule has 0 aromatic heterocycles. The number of anilines is 1. The Kier molecular flexibility index (Phi) is 4.96. The molecule has 7 nitrogen and oxygen atoms in total. The average molecular weight is 374 g/mol. The van der Waals surface area contributed by atoms with Crippen molar-refractivity contribution < 1.29 is 21.6 Å². The molecule has 2 rings (SSSR count).